The molecule has 1 aromatic heterocycles. The van der Waals surface area contributed by atoms with E-state index in [0.717, 1.165) is 26.2 Å². The molecule has 2 aliphatic heterocycles. The third kappa shape index (κ3) is 3.38. The minimum Gasteiger partial charge on any atom is -0.332 e. The number of rotatable bonds is 2. The second-order valence-corrected chi connectivity index (χ2v) is 4.84. The van der Waals surface area contributed by atoms with E-state index in [4.69, 9.17) is 0 Å². The number of hydrogen-bond donors (Lipinski definition) is 1. The number of piperidine rings is 1. The van der Waals surface area contributed by atoms with Gasteiger partial charge in [0, 0.05) is 26.2 Å². The van der Waals surface area contributed by atoms with Gasteiger partial charge in [-0.2, -0.15) is 0 Å². The number of nitrogens with zero attached hydrogens (tertiary/aromatic N) is 3. The van der Waals surface area contributed by atoms with Crippen LogP contribution in [-0.4, -0.2) is 34.1 Å². The first-order chi connectivity index (χ1) is 7.93. The quantitative estimate of drug-likeness (QED) is 0.903. The SMILES string of the molecule is Cl.Cl.c1nc(CN2CCCCC2)c2n1CCNC2. The van der Waals surface area contributed by atoms with Crippen LogP contribution in [-0.2, 0) is 19.6 Å². The third-order valence-electron chi connectivity index (χ3n) is 3.68. The van der Waals surface area contributed by atoms with Crippen molar-refractivity contribution in [3.63, 3.8) is 0 Å². The van der Waals surface area contributed by atoms with E-state index >= 15 is 0 Å². The van der Waals surface area contributed by atoms with Gasteiger partial charge in [-0.05, 0) is 25.9 Å². The molecule has 6 heteroatoms. The molecule has 3 rings (SSSR count). The van der Waals surface area contributed by atoms with Gasteiger partial charge in [-0.15, -0.1) is 24.8 Å². The lowest BCUT2D eigenvalue weighted by molar-refractivity contribution is 0.217. The van der Waals surface area contributed by atoms with Crippen molar-refractivity contribution in [3.8, 4) is 0 Å². The van der Waals surface area contributed by atoms with Crippen LogP contribution in [0.4, 0.5) is 0 Å². The normalized spacial score (nSPS) is 19.6. The second kappa shape index (κ2) is 7.34. The molecule has 4 nitrogen and oxygen atoms in total. The maximum atomic E-state index is 4.57. The maximum Gasteiger partial charge on any atom is 0.0953 e. The van der Waals surface area contributed by atoms with Crippen molar-refractivity contribution in [3.05, 3.63) is 17.7 Å². The fourth-order valence-corrected chi connectivity index (χ4v) is 2.71. The zero-order chi connectivity index (χ0) is 10.8. The number of halogens is 2. The predicted molar refractivity (Wildman–Crippen MR) is 77.6 cm³/mol. The maximum absolute atomic E-state index is 4.57. The van der Waals surface area contributed by atoms with E-state index in [1.54, 1.807) is 0 Å². The average molecular weight is 293 g/mol. The van der Waals surface area contributed by atoms with Gasteiger partial charge in [0.1, 0.15) is 0 Å². The molecule has 2 aliphatic rings. The first-order valence-corrected chi connectivity index (χ1v) is 6.39. The fourth-order valence-electron chi connectivity index (χ4n) is 2.71. The van der Waals surface area contributed by atoms with Gasteiger partial charge in [-0.1, -0.05) is 6.42 Å². The van der Waals surface area contributed by atoms with Crippen LogP contribution in [0.15, 0.2) is 6.33 Å². The van der Waals surface area contributed by atoms with Gasteiger partial charge < -0.3 is 9.88 Å². The lowest BCUT2D eigenvalue weighted by atomic mass is 10.1. The summed E-state index contributed by atoms with van der Waals surface area (Å²) in [6, 6.07) is 0. The topological polar surface area (TPSA) is 33.1 Å². The molecule has 0 aromatic carbocycles. The van der Waals surface area contributed by atoms with Crippen LogP contribution in [0, 0.1) is 0 Å². The summed E-state index contributed by atoms with van der Waals surface area (Å²) in [7, 11) is 0. The first-order valence-electron chi connectivity index (χ1n) is 6.39. The fraction of sp³-hybridized carbons (Fsp3) is 0.750. The Kier molecular flexibility index (Phi) is 6.43. The van der Waals surface area contributed by atoms with Crippen LogP contribution < -0.4 is 5.32 Å². The van der Waals surface area contributed by atoms with Gasteiger partial charge in [-0.3, -0.25) is 4.90 Å². The molecule has 1 aromatic rings. The van der Waals surface area contributed by atoms with Crippen molar-refractivity contribution in [1.82, 2.24) is 19.8 Å². The molecule has 0 aliphatic carbocycles. The Morgan fingerprint density at radius 3 is 2.67 bits per heavy atom. The van der Waals surface area contributed by atoms with E-state index in [2.05, 4.69) is 19.8 Å². The molecule has 0 amide bonds. The molecule has 1 fully saturated rings. The highest BCUT2D eigenvalue weighted by atomic mass is 35.5. The van der Waals surface area contributed by atoms with Crippen molar-refractivity contribution < 1.29 is 0 Å². The summed E-state index contributed by atoms with van der Waals surface area (Å²) in [6.07, 6.45) is 6.12. The molecular formula is C12H22Cl2N4. The molecule has 0 bridgehead atoms. The van der Waals surface area contributed by atoms with Crippen molar-refractivity contribution in [2.24, 2.45) is 0 Å². The Balaban J connectivity index is 0.000000810. The second-order valence-electron chi connectivity index (χ2n) is 4.84. The van der Waals surface area contributed by atoms with Gasteiger partial charge in [0.2, 0.25) is 0 Å². The van der Waals surface area contributed by atoms with Crippen LogP contribution in [0.5, 0.6) is 0 Å². The first kappa shape index (κ1) is 15.8. The summed E-state index contributed by atoms with van der Waals surface area (Å²) in [5.74, 6) is 0. The summed E-state index contributed by atoms with van der Waals surface area (Å²) in [4.78, 5) is 7.12. The van der Waals surface area contributed by atoms with E-state index in [1.165, 1.54) is 43.7 Å². The van der Waals surface area contributed by atoms with Gasteiger partial charge in [0.05, 0.1) is 17.7 Å². The summed E-state index contributed by atoms with van der Waals surface area (Å²) in [5, 5.41) is 3.43. The number of imidazole rings is 1. The van der Waals surface area contributed by atoms with Gasteiger partial charge in [0.15, 0.2) is 0 Å². The van der Waals surface area contributed by atoms with Crippen molar-refractivity contribution in [2.75, 3.05) is 19.6 Å². The molecule has 104 valence electrons. The minimum absolute atomic E-state index is 0. The van der Waals surface area contributed by atoms with Crippen molar-refractivity contribution in [2.45, 2.75) is 38.9 Å². The Bertz CT molecular complexity index is 361. The van der Waals surface area contributed by atoms with Gasteiger partial charge in [-0.25, -0.2) is 4.98 Å². The summed E-state index contributed by atoms with van der Waals surface area (Å²) >= 11 is 0. The number of nitrogens with one attached hydrogen (secondary N) is 1. The Morgan fingerprint density at radius 1 is 1.11 bits per heavy atom. The summed E-state index contributed by atoms with van der Waals surface area (Å²) in [6.45, 7) is 6.68. The van der Waals surface area contributed by atoms with Gasteiger partial charge >= 0.3 is 0 Å². The lowest BCUT2D eigenvalue weighted by Crippen LogP contribution is -2.32. The summed E-state index contributed by atoms with van der Waals surface area (Å²) in [5.41, 5.74) is 2.69. The molecule has 1 N–H and O–H groups in total. The Hall–Kier alpha value is -0.290. The van der Waals surface area contributed by atoms with E-state index in [0.29, 0.717) is 0 Å². The molecule has 0 radical (unpaired) electrons. The molecule has 0 spiro atoms. The van der Waals surface area contributed by atoms with Crippen LogP contribution in [0.2, 0.25) is 0 Å². The number of aromatic nitrogens is 2. The number of fused-ring (bicyclic) bond motifs is 1. The highest BCUT2D eigenvalue weighted by Gasteiger charge is 2.17. The van der Waals surface area contributed by atoms with E-state index in [1.807, 2.05) is 6.33 Å². The van der Waals surface area contributed by atoms with Crippen LogP contribution in [0.3, 0.4) is 0 Å². The number of likely N-dealkylation sites (tertiary alicyclic amines) is 1. The largest absolute Gasteiger partial charge is 0.332 e. The monoisotopic (exact) mass is 292 g/mol. The average Bonchev–Trinajstić information content (AvgIpc) is 2.74. The van der Waals surface area contributed by atoms with E-state index < -0.39 is 0 Å². The zero-order valence-electron chi connectivity index (χ0n) is 10.6. The lowest BCUT2D eigenvalue weighted by Gasteiger charge is -2.26. The Morgan fingerprint density at radius 2 is 1.89 bits per heavy atom. The Labute approximate surface area is 121 Å². The van der Waals surface area contributed by atoms with Crippen LogP contribution in [0.25, 0.3) is 0 Å². The molecule has 3 heterocycles. The highest BCUT2D eigenvalue weighted by Crippen LogP contribution is 2.16. The van der Waals surface area contributed by atoms with Crippen LogP contribution >= 0.6 is 24.8 Å². The minimum atomic E-state index is 0. The third-order valence-corrected chi connectivity index (χ3v) is 3.68. The number of hydrogen-bond acceptors (Lipinski definition) is 3. The van der Waals surface area contributed by atoms with Crippen LogP contribution in [0.1, 0.15) is 30.7 Å². The van der Waals surface area contributed by atoms with E-state index in [-0.39, 0.29) is 24.8 Å². The molecule has 1 saturated heterocycles. The standard InChI is InChI=1S/C12H20N4.2ClH/c1-2-5-15(6-3-1)9-11-12-8-13-4-7-16(12)10-14-11;;/h10,13H,1-9H2;2*1H. The van der Waals surface area contributed by atoms with E-state index in [9.17, 15) is 0 Å². The smallest absolute Gasteiger partial charge is 0.0953 e. The molecule has 18 heavy (non-hydrogen) atoms. The van der Waals surface area contributed by atoms with Crippen molar-refractivity contribution >= 4 is 24.8 Å². The predicted octanol–water partition coefficient (Wildman–Crippen LogP) is 1.82. The summed E-state index contributed by atoms with van der Waals surface area (Å²) < 4.78 is 2.30. The molecule has 0 atom stereocenters. The highest BCUT2D eigenvalue weighted by molar-refractivity contribution is 5.85. The van der Waals surface area contributed by atoms with Crippen molar-refractivity contribution in [1.29, 1.82) is 0 Å². The van der Waals surface area contributed by atoms with Gasteiger partial charge in [0.25, 0.3) is 0 Å². The zero-order valence-corrected chi connectivity index (χ0v) is 12.2. The molecule has 0 unspecified atom stereocenters. The molecular weight excluding hydrogens is 271 g/mol. The molecule has 0 saturated carbocycles.